The molecule has 0 spiro atoms. The maximum Gasteiger partial charge on any atom is 0.225 e. The third kappa shape index (κ3) is 5.29. The second kappa shape index (κ2) is 11.7. The molecule has 7 rings (SSSR count). The molecule has 1 aromatic carbocycles. The lowest BCUT2D eigenvalue weighted by Gasteiger charge is -2.36. The quantitative estimate of drug-likeness (QED) is 0.302. The van der Waals surface area contributed by atoms with Gasteiger partial charge in [0, 0.05) is 57.9 Å². The molecule has 0 aliphatic carbocycles. The average molecular weight is 567 g/mol. The number of fused-ring (bicyclic) bond motifs is 3. The van der Waals surface area contributed by atoms with Crippen molar-refractivity contribution in [1.82, 2.24) is 48.8 Å². The van der Waals surface area contributed by atoms with Crippen LogP contribution in [0, 0.1) is 5.82 Å². The summed E-state index contributed by atoms with van der Waals surface area (Å²) in [5.74, 6) is 0.483. The SMILES string of the molecule is C=CC.Nc1nc2c(ncn2CCN2CCN(c3cc(-n4cccn4)ccc3F)CC2)c2nc(-c3ccccn3)nn12. The molecule has 1 aliphatic heterocycles. The van der Waals surface area contributed by atoms with Crippen LogP contribution in [0.2, 0.25) is 0 Å². The van der Waals surface area contributed by atoms with Crippen LogP contribution in [0.25, 0.3) is 34.0 Å². The summed E-state index contributed by atoms with van der Waals surface area (Å²) in [5, 5.41) is 8.74. The van der Waals surface area contributed by atoms with Crippen LogP contribution in [0.3, 0.4) is 0 Å². The summed E-state index contributed by atoms with van der Waals surface area (Å²) >= 11 is 0. The summed E-state index contributed by atoms with van der Waals surface area (Å²) in [5.41, 5.74) is 10.2. The fraction of sp³-hybridized carbons (Fsp3) is 0.241. The second-order valence-electron chi connectivity index (χ2n) is 9.79. The Kier molecular flexibility index (Phi) is 7.56. The average Bonchev–Trinajstić information content (AvgIpc) is 3.78. The summed E-state index contributed by atoms with van der Waals surface area (Å²) in [4.78, 5) is 22.6. The lowest BCUT2D eigenvalue weighted by atomic mass is 10.2. The Morgan fingerprint density at radius 1 is 0.976 bits per heavy atom. The molecular weight excluding hydrogens is 535 g/mol. The van der Waals surface area contributed by atoms with Crippen molar-refractivity contribution in [2.45, 2.75) is 13.5 Å². The molecule has 0 amide bonds. The van der Waals surface area contributed by atoms with Crippen molar-refractivity contribution in [2.24, 2.45) is 0 Å². The molecule has 214 valence electrons. The zero-order valence-corrected chi connectivity index (χ0v) is 23.3. The number of rotatable bonds is 6. The van der Waals surface area contributed by atoms with E-state index in [1.807, 2.05) is 48.0 Å². The first-order valence-electron chi connectivity index (χ1n) is 13.7. The van der Waals surface area contributed by atoms with E-state index < -0.39 is 0 Å². The van der Waals surface area contributed by atoms with Gasteiger partial charge in [0.2, 0.25) is 11.8 Å². The summed E-state index contributed by atoms with van der Waals surface area (Å²) in [6.45, 7) is 9.82. The van der Waals surface area contributed by atoms with Gasteiger partial charge in [-0.05, 0) is 43.3 Å². The number of hydrogen-bond donors (Lipinski definition) is 1. The van der Waals surface area contributed by atoms with Gasteiger partial charge in [-0.3, -0.25) is 9.88 Å². The van der Waals surface area contributed by atoms with Crippen LogP contribution >= 0.6 is 0 Å². The van der Waals surface area contributed by atoms with Crippen molar-refractivity contribution in [1.29, 1.82) is 0 Å². The van der Waals surface area contributed by atoms with Gasteiger partial charge < -0.3 is 15.2 Å². The molecule has 0 bridgehead atoms. The molecule has 6 aromatic rings. The number of benzene rings is 1. The topological polar surface area (TPSA) is 124 Å². The van der Waals surface area contributed by atoms with E-state index in [0.717, 1.165) is 38.4 Å². The predicted molar refractivity (Wildman–Crippen MR) is 160 cm³/mol. The molecule has 1 saturated heterocycles. The van der Waals surface area contributed by atoms with E-state index in [-0.39, 0.29) is 11.8 Å². The monoisotopic (exact) mass is 566 g/mol. The lowest BCUT2D eigenvalue weighted by molar-refractivity contribution is 0.248. The number of anilines is 2. The Labute approximate surface area is 241 Å². The largest absolute Gasteiger partial charge is 0.368 e. The second-order valence-corrected chi connectivity index (χ2v) is 9.79. The zero-order valence-electron chi connectivity index (χ0n) is 23.3. The molecule has 0 unspecified atom stereocenters. The van der Waals surface area contributed by atoms with E-state index in [0.29, 0.717) is 40.6 Å². The highest BCUT2D eigenvalue weighted by Gasteiger charge is 2.21. The Bertz CT molecular complexity index is 1800. The molecule has 42 heavy (non-hydrogen) atoms. The Hall–Kier alpha value is -5.17. The van der Waals surface area contributed by atoms with E-state index in [9.17, 15) is 4.39 Å². The molecule has 0 radical (unpaired) electrons. The third-order valence-corrected chi connectivity index (χ3v) is 7.03. The molecule has 1 fully saturated rings. The number of halogens is 1. The summed E-state index contributed by atoms with van der Waals surface area (Å²) in [6.07, 6.45) is 8.77. The van der Waals surface area contributed by atoms with Gasteiger partial charge in [-0.25, -0.2) is 19.0 Å². The Balaban J connectivity index is 0.00000101. The number of piperazine rings is 1. The maximum atomic E-state index is 14.7. The first-order valence-corrected chi connectivity index (χ1v) is 13.7. The third-order valence-electron chi connectivity index (χ3n) is 7.03. The lowest BCUT2D eigenvalue weighted by Crippen LogP contribution is -2.47. The van der Waals surface area contributed by atoms with E-state index >= 15 is 0 Å². The van der Waals surface area contributed by atoms with E-state index in [1.54, 1.807) is 35.5 Å². The number of pyridine rings is 1. The van der Waals surface area contributed by atoms with Crippen LogP contribution in [0.1, 0.15) is 6.92 Å². The molecule has 2 N–H and O–H groups in total. The van der Waals surface area contributed by atoms with Crippen molar-refractivity contribution >= 4 is 28.4 Å². The van der Waals surface area contributed by atoms with Crippen LogP contribution in [-0.2, 0) is 6.54 Å². The van der Waals surface area contributed by atoms with Gasteiger partial charge in [-0.15, -0.1) is 11.7 Å². The van der Waals surface area contributed by atoms with Gasteiger partial charge in [-0.2, -0.15) is 14.6 Å². The maximum absolute atomic E-state index is 14.7. The number of nitrogens with zero attached hydrogens (tertiary/aromatic N) is 11. The molecular formula is C29H31FN12. The number of nitrogens with two attached hydrogens (primary N) is 1. The fourth-order valence-electron chi connectivity index (χ4n) is 4.97. The molecule has 0 saturated carbocycles. The number of aromatic nitrogens is 9. The van der Waals surface area contributed by atoms with Crippen molar-refractivity contribution < 1.29 is 4.39 Å². The zero-order chi connectivity index (χ0) is 29.1. The summed E-state index contributed by atoms with van der Waals surface area (Å²) in [6, 6.07) is 12.5. The Morgan fingerprint density at radius 3 is 2.55 bits per heavy atom. The fourth-order valence-corrected chi connectivity index (χ4v) is 4.97. The number of hydrogen-bond acceptors (Lipinski definition) is 9. The van der Waals surface area contributed by atoms with E-state index in [2.05, 4.69) is 46.5 Å². The number of allylic oxidation sites excluding steroid dienone is 1. The van der Waals surface area contributed by atoms with Gasteiger partial charge >= 0.3 is 0 Å². The number of nitrogen functional groups attached to an aromatic ring is 1. The van der Waals surface area contributed by atoms with Gasteiger partial charge in [0.25, 0.3) is 0 Å². The minimum atomic E-state index is -0.223. The highest BCUT2D eigenvalue weighted by Crippen LogP contribution is 2.25. The molecule has 6 heterocycles. The van der Waals surface area contributed by atoms with Crippen molar-refractivity contribution in [2.75, 3.05) is 43.4 Å². The minimum absolute atomic E-state index is 0.223. The highest BCUT2D eigenvalue weighted by molar-refractivity contribution is 5.87. The predicted octanol–water partition coefficient (Wildman–Crippen LogP) is 3.46. The van der Waals surface area contributed by atoms with Crippen LogP contribution < -0.4 is 10.6 Å². The highest BCUT2D eigenvalue weighted by atomic mass is 19.1. The smallest absolute Gasteiger partial charge is 0.225 e. The van der Waals surface area contributed by atoms with Crippen LogP contribution in [-0.4, -0.2) is 81.5 Å². The minimum Gasteiger partial charge on any atom is -0.368 e. The molecule has 12 nitrogen and oxygen atoms in total. The Morgan fingerprint density at radius 2 is 1.81 bits per heavy atom. The molecule has 0 atom stereocenters. The standard InChI is InChI=1S/C26H25FN12.C3H6/c27-19-6-5-18(38-9-3-8-31-38)16-21(19)36-13-10-35(11-14-36)12-15-37-17-30-22-24(37)33-26(28)39-25(22)32-23(34-39)20-4-1-2-7-29-20;1-3-2/h1-9,16-17H,10-15H2,(H2,28,33);3H,1H2,2H3. The van der Waals surface area contributed by atoms with Crippen LogP contribution in [0.15, 0.2) is 80.0 Å². The normalized spacial score (nSPS) is 13.8. The van der Waals surface area contributed by atoms with Gasteiger partial charge in [0.1, 0.15) is 11.5 Å². The van der Waals surface area contributed by atoms with Crippen molar-refractivity contribution in [3.8, 4) is 17.2 Å². The molecule has 5 aromatic heterocycles. The van der Waals surface area contributed by atoms with E-state index in [4.69, 9.17) is 5.73 Å². The van der Waals surface area contributed by atoms with Crippen molar-refractivity contribution in [3.63, 3.8) is 0 Å². The first kappa shape index (κ1) is 27.0. The van der Waals surface area contributed by atoms with Gasteiger partial charge in [-0.1, -0.05) is 12.1 Å². The molecule has 13 heteroatoms. The van der Waals surface area contributed by atoms with Crippen LogP contribution in [0.5, 0.6) is 0 Å². The van der Waals surface area contributed by atoms with Gasteiger partial charge in [0.05, 0.1) is 17.7 Å². The summed E-state index contributed by atoms with van der Waals surface area (Å²) in [7, 11) is 0. The van der Waals surface area contributed by atoms with Crippen LogP contribution in [0.4, 0.5) is 16.0 Å². The number of imidazole rings is 1. The molecule has 1 aliphatic rings. The van der Waals surface area contributed by atoms with Crippen molar-refractivity contribution in [3.05, 3.63) is 85.9 Å². The summed E-state index contributed by atoms with van der Waals surface area (Å²) < 4.78 is 19.9. The van der Waals surface area contributed by atoms with Gasteiger partial charge in [0.15, 0.2) is 16.8 Å². The van der Waals surface area contributed by atoms with E-state index in [1.165, 1.54) is 10.6 Å². The first-order chi connectivity index (χ1) is 20.6.